The maximum atomic E-state index is 12.4. The van der Waals surface area contributed by atoms with Crippen LogP contribution >= 0.6 is 0 Å². The predicted octanol–water partition coefficient (Wildman–Crippen LogP) is 2.26. The summed E-state index contributed by atoms with van der Waals surface area (Å²) in [6, 6.07) is 0.882. The van der Waals surface area contributed by atoms with Gasteiger partial charge in [-0.25, -0.2) is 0 Å². The summed E-state index contributed by atoms with van der Waals surface area (Å²) < 4.78 is 0. The Labute approximate surface area is 105 Å². The Morgan fingerprint density at radius 1 is 1.00 bits per heavy atom. The number of likely N-dealkylation sites (tertiary alicyclic amines) is 2. The SMILES string of the molecule is C[C@@H]1CCC[C@H](C)N1C(=O)CN1CCCCC1. The van der Waals surface area contributed by atoms with Crippen molar-refractivity contribution in [3.63, 3.8) is 0 Å². The summed E-state index contributed by atoms with van der Waals surface area (Å²) >= 11 is 0. The third kappa shape index (κ3) is 3.21. The molecule has 2 saturated heterocycles. The highest BCUT2D eigenvalue weighted by molar-refractivity contribution is 5.79. The van der Waals surface area contributed by atoms with Crippen LogP contribution in [0.5, 0.6) is 0 Å². The quantitative estimate of drug-likeness (QED) is 0.737. The molecule has 2 rings (SSSR count). The van der Waals surface area contributed by atoms with Crippen LogP contribution in [0.2, 0.25) is 0 Å². The van der Waals surface area contributed by atoms with Gasteiger partial charge in [0.05, 0.1) is 6.54 Å². The van der Waals surface area contributed by atoms with E-state index in [1.54, 1.807) is 0 Å². The van der Waals surface area contributed by atoms with Crippen LogP contribution in [0.3, 0.4) is 0 Å². The molecule has 17 heavy (non-hydrogen) atoms. The van der Waals surface area contributed by atoms with Crippen LogP contribution in [-0.2, 0) is 4.79 Å². The maximum Gasteiger partial charge on any atom is 0.237 e. The summed E-state index contributed by atoms with van der Waals surface area (Å²) in [5.41, 5.74) is 0. The van der Waals surface area contributed by atoms with E-state index in [1.807, 2.05) is 0 Å². The summed E-state index contributed by atoms with van der Waals surface area (Å²) in [5, 5.41) is 0. The molecule has 0 N–H and O–H groups in total. The molecular formula is C14H26N2O. The molecule has 0 spiro atoms. The van der Waals surface area contributed by atoms with Gasteiger partial charge in [0.1, 0.15) is 0 Å². The zero-order chi connectivity index (χ0) is 12.3. The van der Waals surface area contributed by atoms with Crippen molar-refractivity contribution >= 4 is 5.91 Å². The number of carbonyl (C=O) groups is 1. The van der Waals surface area contributed by atoms with Gasteiger partial charge in [-0.15, -0.1) is 0 Å². The number of amides is 1. The standard InChI is InChI=1S/C14H26N2O/c1-12-7-6-8-13(2)16(12)14(17)11-15-9-4-3-5-10-15/h12-13H,3-11H2,1-2H3/t12-,13+. The van der Waals surface area contributed by atoms with E-state index in [-0.39, 0.29) is 0 Å². The molecule has 0 aromatic carbocycles. The predicted molar refractivity (Wildman–Crippen MR) is 69.9 cm³/mol. The minimum absolute atomic E-state index is 0.353. The molecule has 98 valence electrons. The zero-order valence-corrected chi connectivity index (χ0v) is 11.3. The van der Waals surface area contributed by atoms with Crippen molar-refractivity contribution < 1.29 is 4.79 Å². The fourth-order valence-corrected chi connectivity index (χ4v) is 3.30. The summed E-state index contributed by atoms with van der Waals surface area (Å²) in [4.78, 5) is 16.8. The average molecular weight is 238 g/mol. The van der Waals surface area contributed by atoms with E-state index in [0.717, 1.165) is 13.1 Å². The molecule has 3 heteroatoms. The lowest BCUT2D eigenvalue weighted by Crippen LogP contribution is -2.51. The van der Waals surface area contributed by atoms with Gasteiger partial charge in [0.15, 0.2) is 0 Å². The molecule has 3 nitrogen and oxygen atoms in total. The molecule has 0 saturated carbocycles. The van der Waals surface area contributed by atoms with Crippen LogP contribution in [0, 0.1) is 0 Å². The Balaban J connectivity index is 1.88. The van der Waals surface area contributed by atoms with E-state index in [1.165, 1.54) is 38.5 Å². The van der Waals surface area contributed by atoms with Crippen LogP contribution in [0.1, 0.15) is 52.4 Å². The highest BCUT2D eigenvalue weighted by atomic mass is 16.2. The second-order valence-electron chi connectivity index (χ2n) is 5.77. The summed E-state index contributed by atoms with van der Waals surface area (Å²) in [5.74, 6) is 0.353. The first kappa shape index (κ1) is 12.9. The van der Waals surface area contributed by atoms with E-state index in [0.29, 0.717) is 24.5 Å². The fraction of sp³-hybridized carbons (Fsp3) is 0.929. The van der Waals surface area contributed by atoms with E-state index in [4.69, 9.17) is 0 Å². The zero-order valence-electron chi connectivity index (χ0n) is 11.3. The van der Waals surface area contributed by atoms with Crippen molar-refractivity contribution in [2.75, 3.05) is 19.6 Å². The van der Waals surface area contributed by atoms with E-state index in [2.05, 4.69) is 23.6 Å². The van der Waals surface area contributed by atoms with Crippen LogP contribution in [-0.4, -0.2) is 47.4 Å². The Kier molecular flexibility index (Phi) is 4.43. The molecular weight excluding hydrogens is 212 g/mol. The molecule has 2 atom stereocenters. The molecule has 0 unspecified atom stereocenters. The molecule has 2 fully saturated rings. The number of piperidine rings is 2. The molecule has 2 heterocycles. The van der Waals surface area contributed by atoms with Crippen molar-refractivity contribution in [2.24, 2.45) is 0 Å². The first-order chi connectivity index (χ1) is 8.18. The lowest BCUT2D eigenvalue weighted by molar-refractivity contribution is -0.138. The number of hydrogen-bond acceptors (Lipinski definition) is 2. The largest absolute Gasteiger partial charge is 0.336 e. The Bertz CT molecular complexity index is 251. The van der Waals surface area contributed by atoms with Crippen molar-refractivity contribution in [3.05, 3.63) is 0 Å². The van der Waals surface area contributed by atoms with Crippen LogP contribution in [0.25, 0.3) is 0 Å². The van der Waals surface area contributed by atoms with E-state index < -0.39 is 0 Å². The minimum atomic E-state index is 0.353. The highest BCUT2D eigenvalue weighted by Crippen LogP contribution is 2.23. The van der Waals surface area contributed by atoms with Crippen molar-refractivity contribution in [3.8, 4) is 0 Å². The van der Waals surface area contributed by atoms with Gasteiger partial charge >= 0.3 is 0 Å². The summed E-state index contributed by atoms with van der Waals surface area (Å²) in [6.07, 6.45) is 7.49. The Morgan fingerprint density at radius 2 is 1.59 bits per heavy atom. The minimum Gasteiger partial charge on any atom is -0.336 e. The van der Waals surface area contributed by atoms with Gasteiger partial charge in [-0.1, -0.05) is 6.42 Å². The fourth-order valence-electron chi connectivity index (χ4n) is 3.30. The van der Waals surface area contributed by atoms with Crippen molar-refractivity contribution in [1.29, 1.82) is 0 Å². The van der Waals surface area contributed by atoms with E-state index in [9.17, 15) is 4.79 Å². The third-order valence-electron chi connectivity index (χ3n) is 4.29. The first-order valence-corrected chi connectivity index (χ1v) is 7.22. The van der Waals surface area contributed by atoms with Gasteiger partial charge in [-0.3, -0.25) is 9.69 Å². The smallest absolute Gasteiger partial charge is 0.237 e. The second-order valence-corrected chi connectivity index (χ2v) is 5.77. The Morgan fingerprint density at radius 3 is 2.18 bits per heavy atom. The molecule has 1 amide bonds. The van der Waals surface area contributed by atoms with Crippen molar-refractivity contribution in [2.45, 2.75) is 64.5 Å². The molecule has 0 aromatic heterocycles. The number of hydrogen-bond donors (Lipinski definition) is 0. The van der Waals surface area contributed by atoms with Gasteiger partial charge in [-0.2, -0.15) is 0 Å². The van der Waals surface area contributed by atoms with Gasteiger partial charge in [0.25, 0.3) is 0 Å². The maximum absolute atomic E-state index is 12.4. The molecule has 0 radical (unpaired) electrons. The monoisotopic (exact) mass is 238 g/mol. The van der Waals surface area contributed by atoms with E-state index >= 15 is 0 Å². The Hall–Kier alpha value is -0.570. The molecule has 0 aromatic rings. The van der Waals surface area contributed by atoms with Gasteiger partial charge in [0.2, 0.25) is 5.91 Å². The number of nitrogens with zero attached hydrogens (tertiary/aromatic N) is 2. The molecule has 2 aliphatic rings. The molecule has 0 aliphatic carbocycles. The number of carbonyl (C=O) groups excluding carboxylic acids is 1. The molecule has 0 bridgehead atoms. The van der Waals surface area contributed by atoms with Crippen LogP contribution < -0.4 is 0 Å². The van der Waals surface area contributed by atoms with Gasteiger partial charge < -0.3 is 4.90 Å². The first-order valence-electron chi connectivity index (χ1n) is 7.22. The van der Waals surface area contributed by atoms with Crippen LogP contribution in [0.15, 0.2) is 0 Å². The van der Waals surface area contributed by atoms with Crippen molar-refractivity contribution in [1.82, 2.24) is 9.80 Å². The lowest BCUT2D eigenvalue weighted by atomic mass is 9.97. The highest BCUT2D eigenvalue weighted by Gasteiger charge is 2.29. The number of rotatable bonds is 2. The summed E-state index contributed by atoms with van der Waals surface area (Å²) in [6.45, 7) is 7.27. The summed E-state index contributed by atoms with van der Waals surface area (Å²) in [7, 11) is 0. The van der Waals surface area contributed by atoms with Gasteiger partial charge in [0, 0.05) is 12.1 Å². The second kappa shape index (κ2) is 5.85. The normalized spacial score (nSPS) is 31.5. The lowest BCUT2D eigenvalue weighted by Gasteiger charge is -2.40. The van der Waals surface area contributed by atoms with Gasteiger partial charge in [-0.05, 0) is 59.0 Å². The molecule has 2 aliphatic heterocycles. The topological polar surface area (TPSA) is 23.6 Å². The average Bonchev–Trinajstić information content (AvgIpc) is 2.30. The van der Waals surface area contributed by atoms with Crippen LogP contribution in [0.4, 0.5) is 0 Å². The third-order valence-corrected chi connectivity index (χ3v) is 4.29.